The Kier molecular flexibility index (Phi) is 7.47. The first kappa shape index (κ1) is 20.7. The molecule has 1 saturated heterocycles. The van der Waals surface area contributed by atoms with Crippen molar-refractivity contribution >= 4 is 24.2 Å². The summed E-state index contributed by atoms with van der Waals surface area (Å²) in [5.74, 6) is 0.737. The Morgan fingerprint density at radius 3 is 2.23 bits per heavy atom. The van der Waals surface area contributed by atoms with Crippen LogP contribution in [0.15, 0.2) is 24.3 Å². The first-order valence-corrected chi connectivity index (χ1v) is 9.51. The lowest BCUT2D eigenvalue weighted by Crippen LogP contribution is -2.52. The van der Waals surface area contributed by atoms with E-state index in [1.54, 1.807) is 0 Å². The van der Waals surface area contributed by atoms with E-state index in [2.05, 4.69) is 6.92 Å². The Labute approximate surface area is 162 Å². The van der Waals surface area contributed by atoms with Crippen molar-refractivity contribution in [1.29, 1.82) is 0 Å². The Hall–Kier alpha value is -1.59. The number of nitrogens with zero attached hydrogens (tertiary/aromatic N) is 2. The first-order valence-electron chi connectivity index (χ1n) is 9.51. The summed E-state index contributed by atoms with van der Waals surface area (Å²) >= 11 is 0. The fraction of sp³-hybridized carbons (Fsp3) is 0.600. The zero-order chi connectivity index (χ0) is 17.8. The molecule has 2 amide bonds. The summed E-state index contributed by atoms with van der Waals surface area (Å²) in [6.45, 7) is 5.19. The van der Waals surface area contributed by atoms with Crippen molar-refractivity contribution in [1.82, 2.24) is 9.80 Å². The molecule has 2 N–H and O–H groups in total. The van der Waals surface area contributed by atoms with Gasteiger partial charge >= 0.3 is 0 Å². The van der Waals surface area contributed by atoms with Crippen molar-refractivity contribution < 1.29 is 9.59 Å². The molecule has 2 atom stereocenters. The van der Waals surface area contributed by atoms with Gasteiger partial charge in [-0.05, 0) is 49.4 Å². The second-order valence-electron chi connectivity index (χ2n) is 7.20. The molecule has 5 nitrogen and oxygen atoms in total. The monoisotopic (exact) mass is 379 g/mol. The molecule has 0 aromatic heterocycles. The summed E-state index contributed by atoms with van der Waals surface area (Å²) in [6.07, 6.45) is 4.10. The summed E-state index contributed by atoms with van der Waals surface area (Å²) in [5.41, 5.74) is 7.78. The summed E-state index contributed by atoms with van der Waals surface area (Å²) in [5, 5.41) is 0. The van der Waals surface area contributed by atoms with Crippen LogP contribution in [0.4, 0.5) is 0 Å². The first-order chi connectivity index (χ1) is 12.1. The molecule has 144 valence electrons. The summed E-state index contributed by atoms with van der Waals surface area (Å²) in [4.78, 5) is 29.2. The minimum absolute atomic E-state index is 0. The molecule has 0 radical (unpaired) electrons. The van der Waals surface area contributed by atoms with E-state index >= 15 is 0 Å². The van der Waals surface area contributed by atoms with Crippen molar-refractivity contribution in [3.63, 3.8) is 0 Å². The van der Waals surface area contributed by atoms with Crippen LogP contribution >= 0.6 is 12.4 Å². The van der Waals surface area contributed by atoms with Crippen molar-refractivity contribution in [3.8, 4) is 0 Å². The molecule has 6 heteroatoms. The van der Waals surface area contributed by atoms with Gasteiger partial charge in [-0.3, -0.25) is 9.59 Å². The third kappa shape index (κ3) is 4.38. The SMILES string of the molecule is CCc1ccc(C(=O)N2CCN(C(=O)[C@@H]3CCC[C@@H]3CN)CC2)cc1.Cl. The number of amides is 2. The van der Waals surface area contributed by atoms with Gasteiger partial charge in [0.1, 0.15) is 0 Å². The van der Waals surface area contributed by atoms with Gasteiger partial charge in [0.25, 0.3) is 5.91 Å². The third-order valence-corrected chi connectivity index (χ3v) is 5.77. The van der Waals surface area contributed by atoms with Crippen LogP contribution in [0.3, 0.4) is 0 Å². The maximum absolute atomic E-state index is 12.8. The fourth-order valence-electron chi connectivity index (χ4n) is 4.07. The van der Waals surface area contributed by atoms with Gasteiger partial charge in [0.2, 0.25) is 5.91 Å². The van der Waals surface area contributed by atoms with E-state index in [0.717, 1.165) is 31.2 Å². The fourth-order valence-corrected chi connectivity index (χ4v) is 4.07. The molecular weight excluding hydrogens is 350 g/mol. The zero-order valence-corrected chi connectivity index (χ0v) is 16.3. The predicted molar refractivity (Wildman–Crippen MR) is 105 cm³/mol. The molecule has 1 saturated carbocycles. The molecule has 1 aliphatic heterocycles. The van der Waals surface area contributed by atoms with E-state index in [9.17, 15) is 9.59 Å². The molecule has 1 aromatic carbocycles. The lowest BCUT2D eigenvalue weighted by Gasteiger charge is -2.36. The number of carbonyl (C=O) groups is 2. The van der Waals surface area contributed by atoms with Crippen molar-refractivity contribution in [2.45, 2.75) is 32.6 Å². The number of benzene rings is 1. The van der Waals surface area contributed by atoms with Crippen molar-refractivity contribution in [2.24, 2.45) is 17.6 Å². The van der Waals surface area contributed by atoms with Crippen molar-refractivity contribution in [2.75, 3.05) is 32.7 Å². The van der Waals surface area contributed by atoms with E-state index < -0.39 is 0 Å². The second kappa shape index (κ2) is 9.38. The van der Waals surface area contributed by atoms with Gasteiger partial charge in [0.05, 0.1) is 0 Å². The average Bonchev–Trinajstić information content (AvgIpc) is 3.16. The van der Waals surface area contributed by atoms with Crippen LogP contribution in [-0.2, 0) is 11.2 Å². The summed E-state index contributed by atoms with van der Waals surface area (Å²) in [6, 6.07) is 7.84. The summed E-state index contributed by atoms with van der Waals surface area (Å²) in [7, 11) is 0. The van der Waals surface area contributed by atoms with Crippen molar-refractivity contribution in [3.05, 3.63) is 35.4 Å². The van der Waals surface area contributed by atoms with Gasteiger partial charge in [-0.2, -0.15) is 0 Å². The molecule has 0 unspecified atom stereocenters. The summed E-state index contributed by atoms with van der Waals surface area (Å²) < 4.78 is 0. The van der Waals surface area contributed by atoms with Crippen LogP contribution in [0.5, 0.6) is 0 Å². The molecule has 2 aliphatic rings. The minimum atomic E-state index is 0. The Morgan fingerprint density at radius 2 is 1.65 bits per heavy atom. The maximum atomic E-state index is 12.8. The number of nitrogens with two attached hydrogens (primary N) is 1. The number of hydrogen-bond donors (Lipinski definition) is 1. The lowest BCUT2D eigenvalue weighted by atomic mass is 9.94. The van der Waals surface area contributed by atoms with Crippen LogP contribution in [0.1, 0.15) is 42.1 Å². The second-order valence-corrected chi connectivity index (χ2v) is 7.20. The number of halogens is 1. The molecular formula is C20H30ClN3O2. The van der Waals surface area contributed by atoms with E-state index in [1.807, 2.05) is 34.1 Å². The average molecular weight is 380 g/mol. The lowest BCUT2D eigenvalue weighted by molar-refractivity contribution is -0.138. The van der Waals surface area contributed by atoms with Crippen LogP contribution in [0.2, 0.25) is 0 Å². The van der Waals surface area contributed by atoms with Gasteiger partial charge < -0.3 is 15.5 Å². The van der Waals surface area contributed by atoms with Crippen LogP contribution in [0, 0.1) is 11.8 Å². The van der Waals surface area contributed by atoms with E-state index in [4.69, 9.17) is 5.73 Å². The molecule has 0 bridgehead atoms. The van der Waals surface area contributed by atoms with Crippen LogP contribution < -0.4 is 5.73 Å². The Balaban J connectivity index is 0.00000243. The molecule has 1 heterocycles. The Morgan fingerprint density at radius 1 is 1.04 bits per heavy atom. The minimum Gasteiger partial charge on any atom is -0.339 e. The third-order valence-electron chi connectivity index (χ3n) is 5.77. The van der Waals surface area contributed by atoms with E-state index in [0.29, 0.717) is 38.6 Å². The van der Waals surface area contributed by atoms with Gasteiger partial charge in [-0.15, -0.1) is 12.4 Å². The standard InChI is InChI=1S/C20H29N3O2.ClH/c1-2-15-6-8-16(9-7-15)19(24)22-10-12-23(13-11-22)20(25)18-5-3-4-17(18)14-21;/h6-9,17-18H,2-5,10-14,21H2,1H3;1H/t17-,18-;/m1./s1. The highest BCUT2D eigenvalue weighted by atomic mass is 35.5. The quantitative estimate of drug-likeness (QED) is 0.873. The number of aryl methyl sites for hydroxylation is 1. The number of rotatable bonds is 4. The predicted octanol–water partition coefficient (Wildman–Crippen LogP) is 2.33. The molecule has 1 aliphatic carbocycles. The number of piperazine rings is 1. The van der Waals surface area contributed by atoms with Crippen LogP contribution in [-0.4, -0.2) is 54.3 Å². The topological polar surface area (TPSA) is 66.6 Å². The maximum Gasteiger partial charge on any atom is 0.253 e. The zero-order valence-electron chi connectivity index (χ0n) is 15.5. The molecule has 2 fully saturated rings. The van der Waals surface area contributed by atoms with Crippen LogP contribution in [0.25, 0.3) is 0 Å². The number of carbonyl (C=O) groups excluding carboxylic acids is 2. The highest BCUT2D eigenvalue weighted by molar-refractivity contribution is 5.94. The number of hydrogen-bond acceptors (Lipinski definition) is 3. The van der Waals surface area contributed by atoms with E-state index in [1.165, 1.54) is 5.56 Å². The Bertz CT molecular complexity index is 612. The van der Waals surface area contributed by atoms with Gasteiger partial charge in [0.15, 0.2) is 0 Å². The normalized spacial score (nSPS) is 22.8. The largest absolute Gasteiger partial charge is 0.339 e. The smallest absolute Gasteiger partial charge is 0.253 e. The molecule has 3 rings (SSSR count). The van der Waals surface area contributed by atoms with Gasteiger partial charge in [-0.1, -0.05) is 25.5 Å². The van der Waals surface area contributed by atoms with Gasteiger partial charge in [0, 0.05) is 37.7 Å². The van der Waals surface area contributed by atoms with Gasteiger partial charge in [-0.25, -0.2) is 0 Å². The molecule has 0 spiro atoms. The van der Waals surface area contributed by atoms with E-state index in [-0.39, 0.29) is 30.1 Å². The molecule has 1 aromatic rings. The highest BCUT2D eigenvalue weighted by Crippen LogP contribution is 2.32. The highest BCUT2D eigenvalue weighted by Gasteiger charge is 2.36. The molecule has 26 heavy (non-hydrogen) atoms.